The standard InChI is InChI=1S/C49H28N4S2/c1-2-13-30(14-3-1)47-50-48(32-23-22-29-12-4-5-15-31(29)26-32)52-49(51-47)38-28-33(53-39-19-9-6-16-34(39)35-17-7-10-20-40(35)53)27-37-45-43(55-46(37)38)25-24-42-44(45)36-18-8-11-21-41(36)54-42/h1-28H. The number of nitrogens with zero attached hydrogens (tertiary/aromatic N) is 4. The minimum atomic E-state index is 0.650. The van der Waals surface area contributed by atoms with Crippen molar-refractivity contribution in [2.75, 3.05) is 0 Å². The zero-order valence-electron chi connectivity index (χ0n) is 29.3. The zero-order valence-corrected chi connectivity index (χ0v) is 30.9. The molecule has 256 valence electrons. The van der Waals surface area contributed by atoms with Gasteiger partial charge in [0, 0.05) is 73.5 Å². The Morgan fingerprint density at radius 3 is 1.76 bits per heavy atom. The molecule has 0 aliphatic heterocycles. The van der Waals surface area contributed by atoms with E-state index in [0.29, 0.717) is 17.5 Å². The maximum Gasteiger partial charge on any atom is 0.165 e. The lowest BCUT2D eigenvalue weighted by atomic mass is 10.0. The molecule has 12 aromatic rings. The fourth-order valence-corrected chi connectivity index (χ4v) is 10.7. The van der Waals surface area contributed by atoms with E-state index >= 15 is 0 Å². The summed E-state index contributed by atoms with van der Waals surface area (Å²) in [6.45, 7) is 0. The Kier molecular flexibility index (Phi) is 6.64. The van der Waals surface area contributed by atoms with Crippen LogP contribution in [0, 0.1) is 0 Å². The van der Waals surface area contributed by atoms with Crippen molar-refractivity contribution in [1.82, 2.24) is 19.5 Å². The number of hydrogen-bond donors (Lipinski definition) is 0. The lowest BCUT2D eigenvalue weighted by molar-refractivity contribution is 1.08. The lowest BCUT2D eigenvalue weighted by Crippen LogP contribution is -2.01. The van der Waals surface area contributed by atoms with E-state index < -0.39 is 0 Å². The third-order valence-electron chi connectivity index (χ3n) is 10.8. The van der Waals surface area contributed by atoms with Crippen LogP contribution < -0.4 is 0 Å². The molecule has 0 N–H and O–H groups in total. The van der Waals surface area contributed by atoms with E-state index in [1.54, 1.807) is 0 Å². The summed E-state index contributed by atoms with van der Waals surface area (Å²) in [5.74, 6) is 1.96. The number of para-hydroxylation sites is 2. The van der Waals surface area contributed by atoms with Crippen molar-refractivity contribution in [3.8, 4) is 39.9 Å². The van der Waals surface area contributed by atoms with Gasteiger partial charge in [-0.2, -0.15) is 0 Å². The van der Waals surface area contributed by atoms with Crippen LogP contribution in [0.3, 0.4) is 0 Å². The Bertz CT molecular complexity index is 3450. The van der Waals surface area contributed by atoms with Crippen LogP contribution in [0.1, 0.15) is 0 Å². The van der Waals surface area contributed by atoms with E-state index in [2.05, 4.69) is 156 Å². The van der Waals surface area contributed by atoms with Gasteiger partial charge in [0.05, 0.1) is 11.0 Å². The number of rotatable bonds is 4. The van der Waals surface area contributed by atoms with Crippen molar-refractivity contribution in [3.63, 3.8) is 0 Å². The van der Waals surface area contributed by atoms with Gasteiger partial charge < -0.3 is 4.57 Å². The first-order valence-electron chi connectivity index (χ1n) is 18.4. The average Bonchev–Trinajstić information content (AvgIpc) is 3.93. The van der Waals surface area contributed by atoms with Crippen LogP contribution in [0.25, 0.3) is 113 Å². The van der Waals surface area contributed by atoms with Crippen LogP contribution >= 0.6 is 22.7 Å². The van der Waals surface area contributed by atoms with Crippen molar-refractivity contribution < 1.29 is 0 Å². The van der Waals surface area contributed by atoms with Crippen molar-refractivity contribution in [2.45, 2.75) is 0 Å². The van der Waals surface area contributed by atoms with Crippen molar-refractivity contribution in [2.24, 2.45) is 0 Å². The van der Waals surface area contributed by atoms with Crippen molar-refractivity contribution >= 4 is 95.6 Å². The molecule has 0 saturated heterocycles. The van der Waals surface area contributed by atoms with Crippen molar-refractivity contribution in [3.05, 3.63) is 170 Å². The van der Waals surface area contributed by atoms with Gasteiger partial charge in [-0.15, -0.1) is 22.7 Å². The molecule has 0 saturated carbocycles. The highest BCUT2D eigenvalue weighted by molar-refractivity contribution is 7.28. The third kappa shape index (κ3) is 4.72. The molecule has 8 aromatic carbocycles. The summed E-state index contributed by atoms with van der Waals surface area (Å²) in [5, 5.41) is 9.88. The summed E-state index contributed by atoms with van der Waals surface area (Å²) in [4.78, 5) is 15.8. The van der Waals surface area contributed by atoms with Gasteiger partial charge in [0.1, 0.15) is 0 Å². The Labute approximate surface area is 323 Å². The van der Waals surface area contributed by atoms with E-state index in [1.165, 1.54) is 51.8 Å². The van der Waals surface area contributed by atoms with Crippen molar-refractivity contribution in [1.29, 1.82) is 0 Å². The highest BCUT2D eigenvalue weighted by Crippen LogP contribution is 2.48. The van der Waals surface area contributed by atoms with Gasteiger partial charge in [-0.3, -0.25) is 0 Å². The van der Waals surface area contributed by atoms with Crippen LogP contribution in [0.15, 0.2) is 170 Å². The molecule has 55 heavy (non-hydrogen) atoms. The number of aromatic nitrogens is 4. The van der Waals surface area contributed by atoms with Crippen LogP contribution in [-0.4, -0.2) is 19.5 Å². The monoisotopic (exact) mass is 736 g/mol. The molecule has 6 heteroatoms. The Morgan fingerprint density at radius 2 is 0.982 bits per heavy atom. The fourth-order valence-electron chi connectivity index (χ4n) is 8.34. The molecule has 4 nitrogen and oxygen atoms in total. The summed E-state index contributed by atoms with van der Waals surface area (Å²) in [6.07, 6.45) is 0. The smallest absolute Gasteiger partial charge is 0.165 e. The number of fused-ring (bicyclic) bond motifs is 11. The highest BCUT2D eigenvalue weighted by atomic mass is 32.1. The van der Waals surface area contributed by atoms with Crippen LogP contribution in [0.2, 0.25) is 0 Å². The molecule has 0 bridgehead atoms. The van der Waals surface area contributed by atoms with E-state index in [4.69, 9.17) is 15.0 Å². The summed E-state index contributed by atoms with van der Waals surface area (Å²) < 4.78 is 7.41. The minimum Gasteiger partial charge on any atom is -0.309 e. The van der Waals surface area contributed by atoms with Gasteiger partial charge in [0.15, 0.2) is 17.5 Å². The van der Waals surface area contributed by atoms with E-state index in [1.807, 2.05) is 40.9 Å². The number of hydrogen-bond acceptors (Lipinski definition) is 5. The highest BCUT2D eigenvalue weighted by Gasteiger charge is 2.22. The third-order valence-corrected chi connectivity index (χ3v) is 13.2. The first-order chi connectivity index (χ1) is 27.2. The normalized spacial score (nSPS) is 12.0. The van der Waals surface area contributed by atoms with Gasteiger partial charge in [-0.05, 0) is 59.3 Å². The number of benzene rings is 8. The summed E-state index contributed by atoms with van der Waals surface area (Å²) in [7, 11) is 0. The molecule has 0 aliphatic rings. The van der Waals surface area contributed by atoms with Crippen LogP contribution in [0.4, 0.5) is 0 Å². The molecule has 0 aliphatic carbocycles. The van der Waals surface area contributed by atoms with E-state index in [0.717, 1.165) is 43.5 Å². The summed E-state index contributed by atoms with van der Waals surface area (Å²) in [6, 6.07) is 60.6. The number of thiophene rings is 2. The Hall–Kier alpha value is -6.73. The molecule has 0 amide bonds. The van der Waals surface area contributed by atoms with Gasteiger partial charge in [0.2, 0.25) is 0 Å². The molecule has 0 unspecified atom stereocenters. The van der Waals surface area contributed by atoms with Gasteiger partial charge in [0.25, 0.3) is 0 Å². The van der Waals surface area contributed by atoms with E-state index in [-0.39, 0.29) is 0 Å². The summed E-state index contributed by atoms with van der Waals surface area (Å²) >= 11 is 3.68. The molecule has 4 heterocycles. The quantitative estimate of drug-likeness (QED) is 0.181. The SMILES string of the molecule is c1ccc(-c2nc(-c3ccc4ccccc4c3)nc(-c3cc(-n4c5ccccc5c5ccccc54)cc4c3sc3ccc5sc6ccccc6c5c34)n2)cc1. The van der Waals surface area contributed by atoms with Crippen LogP contribution in [0.5, 0.6) is 0 Å². The van der Waals surface area contributed by atoms with Gasteiger partial charge in [-0.1, -0.05) is 121 Å². The first kappa shape index (κ1) is 30.7. The average molecular weight is 737 g/mol. The maximum atomic E-state index is 5.35. The second-order valence-electron chi connectivity index (χ2n) is 14.0. The molecule has 0 radical (unpaired) electrons. The predicted octanol–water partition coefficient (Wildman–Crippen LogP) is 13.9. The second-order valence-corrected chi connectivity index (χ2v) is 16.1. The first-order valence-corrected chi connectivity index (χ1v) is 20.0. The topological polar surface area (TPSA) is 43.6 Å². The minimum absolute atomic E-state index is 0.650. The molecule has 12 rings (SSSR count). The Balaban J connectivity index is 1.22. The van der Waals surface area contributed by atoms with Gasteiger partial charge in [-0.25, -0.2) is 15.0 Å². The summed E-state index contributed by atoms with van der Waals surface area (Å²) in [5.41, 5.74) is 6.30. The molecule has 0 atom stereocenters. The van der Waals surface area contributed by atoms with Crippen LogP contribution in [-0.2, 0) is 0 Å². The second kappa shape index (κ2) is 11.9. The fraction of sp³-hybridized carbons (Fsp3) is 0. The molecular formula is C49H28N4S2. The van der Waals surface area contributed by atoms with E-state index in [9.17, 15) is 0 Å². The predicted molar refractivity (Wildman–Crippen MR) is 234 cm³/mol. The van der Waals surface area contributed by atoms with Gasteiger partial charge >= 0.3 is 0 Å². The zero-order chi connectivity index (χ0) is 36.0. The molecule has 0 fully saturated rings. The molecule has 4 aromatic heterocycles. The molecular weight excluding hydrogens is 709 g/mol. The largest absolute Gasteiger partial charge is 0.309 e. The molecule has 0 spiro atoms. The Morgan fingerprint density at radius 1 is 0.382 bits per heavy atom. The maximum absolute atomic E-state index is 5.35. The lowest BCUT2D eigenvalue weighted by Gasteiger charge is -2.13.